The highest BCUT2D eigenvalue weighted by molar-refractivity contribution is 6.48. The Labute approximate surface area is 132 Å². The average molecular weight is 334 g/mol. The van der Waals surface area contributed by atoms with Crippen LogP contribution in [-0.4, -0.2) is 32.6 Å². The molecule has 2 N–H and O–H groups in total. The number of allylic oxidation sites excluding steroid dienone is 5. The summed E-state index contributed by atoms with van der Waals surface area (Å²) in [4.78, 5) is 41.7. The zero-order valence-corrected chi connectivity index (χ0v) is 11.6. The van der Waals surface area contributed by atoms with Crippen molar-refractivity contribution in [3.63, 3.8) is 0 Å². The fraction of sp³-hybridized carbons (Fsp3) is 0. The molecule has 11 heteroatoms. The number of carbonyl (C=O) groups is 2. The second-order valence-electron chi connectivity index (χ2n) is 4.63. The normalized spacial score (nSPS) is 23.2. The summed E-state index contributed by atoms with van der Waals surface area (Å²) in [7, 11) is 0. The Morgan fingerprint density at radius 1 is 1.33 bits per heavy atom. The third-order valence-electron chi connectivity index (χ3n) is 3.10. The van der Waals surface area contributed by atoms with Gasteiger partial charge in [-0.3, -0.25) is 24.9 Å². The summed E-state index contributed by atoms with van der Waals surface area (Å²) < 4.78 is 13.3. The number of rotatable bonds is 2. The smallest absolute Gasteiger partial charge is 0.321 e. The molecule has 0 amide bonds. The maximum absolute atomic E-state index is 13.3. The van der Waals surface area contributed by atoms with Crippen LogP contribution in [0.25, 0.3) is 0 Å². The lowest BCUT2D eigenvalue weighted by atomic mass is 10.0. The van der Waals surface area contributed by atoms with Crippen molar-refractivity contribution in [3.05, 3.63) is 69.3 Å². The molecule has 0 saturated heterocycles. The van der Waals surface area contributed by atoms with Gasteiger partial charge in [0.25, 0.3) is 5.88 Å². The van der Waals surface area contributed by atoms with Crippen LogP contribution in [0.15, 0.2) is 64.2 Å². The van der Waals surface area contributed by atoms with Crippen LogP contribution in [0.4, 0.5) is 4.39 Å². The van der Waals surface area contributed by atoms with Crippen LogP contribution < -0.4 is 5.48 Å². The number of halogens is 1. The molecule has 0 aromatic heterocycles. The molecule has 1 aliphatic carbocycles. The Balaban J connectivity index is 1.96. The Kier molecular flexibility index (Phi) is 3.54. The number of aliphatic imine (C=N–C) groups is 1. The van der Waals surface area contributed by atoms with Crippen molar-refractivity contribution in [1.82, 2.24) is 10.5 Å². The van der Waals surface area contributed by atoms with Crippen molar-refractivity contribution in [3.8, 4) is 0 Å². The van der Waals surface area contributed by atoms with Crippen LogP contribution in [0.3, 0.4) is 0 Å². The monoisotopic (exact) mass is 334 g/mol. The minimum absolute atomic E-state index is 0.0325. The molecule has 0 spiro atoms. The summed E-state index contributed by atoms with van der Waals surface area (Å²) in [6.45, 7) is 0. The molecule has 2 heterocycles. The molecule has 0 atom stereocenters. The van der Waals surface area contributed by atoms with Gasteiger partial charge in [0.05, 0.1) is 4.92 Å². The molecule has 0 fully saturated rings. The molecule has 0 aromatic rings. The summed E-state index contributed by atoms with van der Waals surface area (Å²) in [5, 5.41) is 20.1. The number of Topliss-reactive ketones (excluding diaryl/α,β-unsaturated/α-hetero) is 1. The van der Waals surface area contributed by atoms with Gasteiger partial charge in [0.2, 0.25) is 11.7 Å². The first-order chi connectivity index (χ1) is 11.4. The van der Waals surface area contributed by atoms with Crippen LogP contribution >= 0.6 is 0 Å². The molecule has 10 nitrogen and oxygen atoms in total. The molecule has 0 unspecified atom stereocenters. The van der Waals surface area contributed by atoms with Crippen molar-refractivity contribution in [1.29, 1.82) is 0 Å². The van der Waals surface area contributed by atoms with E-state index in [9.17, 15) is 24.1 Å². The van der Waals surface area contributed by atoms with Gasteiger partial charge < -0.3 is 4.84 Å². The molecular formula is C13H7FN4O6. The SMILES string of the molecule is O=C1C=C(C2=N/C(=C3/C=CN(O)C(F)=C3)ON2)C=C([N+](=O)[O-])C1=O. The van der Waals surface area contributed by atoms with Gasteiger partial charge in [0.15, 0.2) is 5.84 Å². The predicted molar refractivity (Wildman–Crippen MR) is 73.8 cm³/mol. The van der Waals surface area contributed by atoms with E-state index in [1.165, 1.54) is 6.08 Å². The van der Waals surface area contributed by atoms with E-state index in [1.807, 2.05) is 0 Å². The van der Waals surface area contributed by atoms with Crippen molar-refractivity contribution in [2.45, 2.75) is 0 Å². The lowest BCUT2D eigenvalue weighted by Crippen LogP contribution is -2.27. The molecule has 24 heavy (non-hydrogen) atoms. The molecule has 0 aromatic carbocycles. The summed E-state index contributed by atoms with van der Waals surface area (Å²) in [5.74, 6) is -3.42. The molecule has 0 saturated carbocycles. The van der Waals surface area contributed by atoms with Gasteiger partial charge >= 0.3 is 11.5 Å². The topological polar surface area (TPSA) is 134 Å². The first kappa shape index (κ1) is 15.3. The molecule has 0 bridgehead atoms. The van der Waals surface area contributed by atoms with Crippen LogP contribution in [0.1, 0.15) is 0 Å². The number of hydroxylamine groups is 3. The van der Waals surface area contributed by atoms with Crippen LogP contribution in [-0.2, 0) is 14.4 Å². The van der Waals surface area contributed by atoms with Crippen molar-refractivity contribution in [2.75, 3.05) is 0 Å². The van der Waals surface area contributed by atoms with E-state index in [-0.39, 0.29) is 27.9 Å². The Morgan fingerprint density at radius 2 is 2.08 bits per heavy atom. The zero-order valence-electron chi connectivity index (χ0n) is 11.6. The standard InChI is InChI=1S/C13H7FN4O6/c14-10-5-6(1-2-17(10)21)13-15-12(16-24-13)7-3-8(18(22)23)11(20)9(19)4-7/h1-5,21H,(H,15,16)/b13-6+. The molecular weight excluding hydrogens is 327 g/mol. The average Bonchev–Trinajstić information content (AvgIpc) is 3.02. The largest absolute Gasteiger partial charge is 0.359 e. The van der Waals surface area contributed by atoms with Gasteiger partial charge in [0.1, 0.15) is 0 Å². The van der Waals surface area contributed by atoms with Gasteiger partial charge in [0, 0.05) is 35.6 Å². The van der Waals surface area contributed by atoms with Crippen molar-refractivity contribution >= 4 is 17.4 Å². The Hall–Kier alpha value is -3.60. The van der Waals surface area contributed by atoms with Gasteiger partial charge in [-0.05, 0) is 6.08 Å². The van der Waals surface area contributed by atoms with E-state index in [2.05, 4.69) is 10.5 Å². The minimum Gasteiger partial charge on any atom is -0.359 e. The van der Waals surface area contributed by atoms with Gasteiger partial charge in [-0.25, -0.2) is 10.5 Å². The molecule has 122 valence electrons. The Bertz CT molecular complexity index is 864. The highest BCUT2D eigenvalue weighted by Gasteiger charge is 2.34. The summed E-state index contributed by atoms with van der Waals surface area (Å²) in [5.41, 5.74) is 1.57. The Morgan fingerprint density at radius 3 is 2.75 bits per heavy atom. The summed E-state index contributed by atoms with van der Waals surface area (Å²) in [6.07, 6.45) is 5.01. The van der Waals surface area contributed by atoms with Gasteiger partial charge in [-0.1, -0.05) is 0 Å². The molecule has 3 rings (SSSR count). The number of amidine groups is 1. The maximum atomic E-state index is 13.3. The number of nitrogens with zero attached hydrogens (tertiary/aromatic N) is 3. The van der Waals surface area contributed by atoms with E-state index in [0.29, 0.717) is 0 Å². The number of hydrogen-bond acceptors (Lipinski definition) is 9. The van der Waals surface area contributed by atoms with E-state index >= 15 is 0 Å². The number of hydrogen-bond donors (Lipinski definition) is 2. The fourth-order valence-electron chi connectivity index (χ4n) is 1.95. The quantitative estimate of drug-likeness (QED) is 0.244. The first-order valence-corrected chi connectivity index (χ1v) is 6.33. The van der Waals surface area contributed by atoms with Crippen LogP contribution in [0.5, 0.6) is 0 Å². The van der Waals surface area contributed by atoms with Crippen LogP contribution in [0.2, 0.25) is 0 Å². The highest BCUT2D eigenvalue weighted by Crippen LogP contribution is 2.24. The third-order valence-corrected chi connectivity index (χ3v) is 3.10. The predicted octanol–water partition coefficient (Wildman–Crippen LogP) is 0.399. The van der Waals surface area contributed by atoms with E-state index < -0.39 is 28.1 Å². The van der Waals surface area contributed by atoms with Crippen molar-refractivity contribution in [2.24, 2.45) is 4.99 Å². The molecule has 3 aliphatic rings. The second-order valence-corrected chi connectivity index (χ2v) is 4.63. The van der Waals surface area contributed by atoms with E-state index in [0.717, 1.165) is 24.4 Å². The lowest BCUT2D eigenvalue weighted by molar-refractivity contribution is -0.418. The highest BCUT2D eigenvalue weighted by atomic mass is 19.1. The van der Waals surface area contributed by atoms with Crippen molar-refractivity contribution < 1.29 is 28.9 Å². The first-order valence-electron chi connectivity index (χ1n) is 6.33. The fourth-order valence-corrected chi connectivity index (χ4v) is 1.95. The van der Waals surface area contributed by atoms with Crippen LogP contribution in [0, 0.1) is 10.1 Å². The minimum atomic E-state index is -1.23. The number of nitrogens with one attached hydrogen (secondary N) is 1. The van der Waals surface area contributed by atoms with Gasteiger partial charge in [-0.15, -0.1) is 0 Å². The number of carbonyl (C=O) groups excluding carboxylic acids is 2. The van der Waals surface area contributed by atoms with E-state index in [4.69, 9.17) is 10.0 Å². The third kappa shape index (κ3) is 2.59. The number of nitro groups is 1. The maximum Gasteiger partial charge on any atom is 0.321 e. The van der Waals surface area contributed by atoms with Gasteiger partial charge in [-0.2, -0.15) is 9.38 Å². The summed E-state index contributed by atoms with van der Waals surface area (Å²) in [6, 6.07) is 0. The molecule has 0 radical (unpaired) electrons. The van der Waals surface area contributed by atoms with E-state index in [1.54, 1.807) is 0 Å². The number of ketones is 2. The zero-order chi connectivity index (χ0) is 17.4. The summed E-state index contributed by atoms with van der Waals surface area (Å²) >= 11 is 0. The molecule has 2 aliphatic heterocycles. The second kappa shape index (κ2) is 5.55. The lowest BCUT2D eigenvalue weighted by Gasteiger charge is -2.13.